The lowest BCUT2D eigenvalue weighted by atomic mass is 10.0. The Morgan fingerprint density at radius 1 is 0.639 bits per heavy atom. The van der Waals surface area contributed by atoms with Crippen molar-refractivity contribution in [1.82, 2.24) is 21.3 Å². The van der Waals surface area contributed by atoms with Crippen molar-refractivity contribution >= 4 is 29.8 Å². The molecule has 0 aliphatic rings. The lowest BCUT2D eigenvalue weighted by Gasteiger charge is -2.20. The highest BCUT2D eigenvalue weighted by molar-refractivity contribution is 5.93. The van der Waals surface area contributed by atoms with Crippen LogP contribution < -0.4 is 21.3 Å². The Morgan fingerprint density at radius 3 is 1.31 bits per heavy atom. The molecule has 0 saturated heterocycles. The van der Waals surface area contributed by atoms with Crippen LogP contribution in [0.2, 0.25) is 0 Å². The van der Waals surface area contributed by atoms with E-state index in [1.54, 1.807) is 0 Å². The van der Waals surface area contributed by atoms with E-state index < -0.39 is 41.9 Å². The first kappa shape index (κ1) is 33.1. The lowest BCUT2D eigenvalue weighted by Crippen LogP contribution is -2.51. The third-order valence-electron chi connectivity index (χ3n) is 5.01. The second-order valence-electron chi connectivity index (χ2n) is 9.61. The van der Waals surface area contributed by atoms with Gasteiger partial charge >= 0.3 is 12.2 Å². The fourth-order valence-electron chi connectivity index (χ4n) is 3.07. The van der Waals surface area contributed by atoms with Gasteiger partial charge in [-0.1, -0.05) is 54.4 Å². The van der Waals surface area contributed by atoms with Crippen LogP contribution in [-0.4, -0.2) is 68.2 Å². The molecule has 0 rings (SSSR count). The molecule has 0 heterocycles. The maximum absolute atomic E-state index is 12.6. The number of alkyl carbamates (subject to hydrolysis) is 2. The van der Waals surface area contributed by atoms with Crippen molar-refractivity contribution in [2.45, 2.75) is 92.2 Å². The van der Waals surface area contributed by atoms with Crippen molar-refractivity contribution in [2.75, 3.05) is 26.3 Å². The van der Waals surface area contributed by atoms with Gasteiger partial charge in [0.05, 0.1) is 26.3 Å². The summed E-state index contributed by atoms with van der Waals surface area (Å²) in [6.07, 6.45) is 2.58. The Bertz CT molecular complexity index is 642. The topological polar surface area (TPSA) is 152 Å². The van der Waals surface area contributed by atoms with Crippen LogP contribution in [0, 0.1) is 11.8 Å². The quantitative estimate of drug-likeness (QED) is 0.205. The largest absolute Gasteiger partial charge is 0.450 e. The summed E-state index contributed by atoms with van der Waals surface area (Å²) in [6.45, 7) is 11.5. The summed E-state index contributed by atoms with van der Waals surface area (Å²) in [5.41, 5.74) is 0. The number of ether oxygens (including phenoxy) is 2. The smallest absolute Gasteiger partial charge is 0.407 e. The molecule has 0 aromatic rings. The highest BCUT2D eigenvalue weighted by Gasteiger charge is 2.25. The van der Waals surface area contributed by atoms with E-state index in [0.717, 1.165) is 25.7 Å². The van der Waals surface area contributed by atoms with E-state index in [4.69, 9.17) is 9.47 Å². The third-order valence-corrected chi connectivity index (χ3v) is 5.01. The van der Waals surface area contributed by atoms with Crippen LogP contribution in [-0.2, 0) is 23.9 Å². The number of hydrogen-bond acceptors (Lipinski definition) is 7. The summed E-state index contributed by atoms with van der Waals surface area (Å²) < 4.78 is 10.1. The van der Waals surface area contributed by atoms with Crippen molar-refractivity contribution in [3.63, 3.8) is 0 Å². The second kappa shape index (κ2) is 19.4. The molecule has 36 heavy (non-hydrogen) atoms. The maximum atomic E-state index is 12.6. The zero-order chi connectivity index (χ0) is 27.5. The highest BCUT2D eigenvalue weighted by Crippen LogP contribution is 2.07. The van der Waals surface area contributed by atoms with Crippen LogP contribution in [0.25, 0.3) is 0 Å². The van der Waals surface area contributed by atoms with Gasteiger partial charge in [0.15, 0.2) is 5.78 Å². The predicted molar refractivity (Wildman–Crippen MR) is 136 cm³/mol. The molecule has 4 N–H and O–H groups in total. The van der Waals surface area contributed by atoms with Gasteiger partial charge in [0.25, 0.3) is 0 Å². The maximum Gasteiger partial charge on any atom is 0.407 e. The lowest BCUT2D eigenvalue weighted by molar-refractivity contribution is -0.128. The normalized spacial score (nSPS) is 12.4. The monoisotopic (exact) mass is 514 g/mol. The molecule has 4 amide bonds. The van der Waals surface area contributed by atoms with Gasteiger partial charge in [-0.25, -0.2) is 9.59 Å². The van der Waals surface area contributed by atoms with Crippen LogP contribution in [0.5, 0.6) is 0 Å². The Morgan fingerprint density at radius 2 is 1.00 bits per heavy atom. The summed E-state index contributed by atoms with van der Waals surface area (Å²) in [5, 5.41) is 10.1. The van der Waals surface area contributed by atoms with E-state index in [2.05, 4.69) is 21.3 Å². The van der Waals surface area contributed by atoms with E-state index in [1.165, 1.54) is 0 Å². The fourth-order valence-corrected chi connectivity index (χ4v) is 3.07. The minimum absolute atomic E-state index is 0.116. The van der Waals surface area contributed by atoms with E-state index >= 15 is 0 Å². The molecule has 208 valence electrons. The number of rotatable bonds is 18. The molecular formula is C25H46N4O7. The number of nitrogens with one attached hydrogen (secondary N) is 4. The van der Waals surface area contributed by atoms with E-state index in [1.807, 2.05) is 41.5 Å². The molecule has 0 aromatic carbocycles. The number of amides is 4. The molecular weight excluding hydrogens is 468 g/mol. The Labute approximate surface area is 215 Å². The van der Waals surface area contributed by atoms with Crippen LogP contribution in [0.15, 0.2) is 0 Å². The minimum atomic E-state index is -0.847. The molecule has 0 saturated carbocycles. The molecule has 0 spiro atoms. The number of ketones is 1. The average molecular weight is 515 g/mol. The average Bonchev–Trinajstić information content (AvgIpc) is 2.79. The molecule has 0 unspecified atom stereocenters. The van der Waals surface area contributed by atoms with Gasteiger partial charge in [0.1, 0.15) is 12.1 Å². The van der Waals surface area contributed by atoms with Crippen molar-refractivity contribution in [1.29, 1.82) is 0 Å². The van der Waals surface area contributed by atoms with Crippen LogP contribution in [0.3, 0.4) is 0 Å². The number of carbonyl (C=O) groups excluding carboxylic acids is 5. The summed E-state index contributed by atoms with van der Waals surface area (Å²) in [6, 6.07) is -1.69. The van der Waals surface area contributed by atoms with Gasteiger partial charge in [-0.2, -0.15) is 0 Å². The molecule has 0 radical (unpaired) electrons. The molecule has 11 heteroatoms. The fraction of sp³-hybridized carbons (Fsp3) is 0.800. The van der Waals surface area contributed by atoms with Crippen LogP contribution in [0.4, 0.5) is 9.59 Å². The van der Waals surface area contributed by atoms with Crippen LogP contribution in [0.1, 0.15) is 80.1 Å². The number of carbonyl (C=O) groups is 5. The second-order valence-corrected chi connectivity index (χ2v) is 9.61. The number of hydrogen-bond donors (Lipinski definition) is 4. The Kier molecular flexibility index (Phi) is 17.8. The van der Waals surface area contributed by atoms with Gasteiger partial charge in [-0.05, 0) is 37.5 Å². The third kappa shape index (κ3) is 16.7. The van der Waals surface area contributed by atoms with Crippen molar-refractivity contribution in [3.05, 3.63) is 0 Å². The van der Waals surface area contributed by atoms with Gasteiger partial charge in [-0.15, -0.1) is 0 Å². The highest BCUT2D eigenvalue weighted by atomic mass is 16.6. The summed E-state index contributed by atoms with van der Waals surface area (Å²) in [5.74, 6) is -1.22. The molecule has 0 bridgehead atoms. The molecule has 0 aromatic heterocycles. The van der Waals surface area contributed by atoms with Gasteiger partial charge in [-0.3, -0.25) is 14.4 Å². The Hall–Kier alpha value is -2.85. The number of Topliss-reactive ketones (excluding diaryl/α,β-unsaturated/α-hetero) is 1. The van der Waals surface area contributed by atoms with Gasteiger partial charge < -0.3 is 30.7 Å². The molecule has 2 atom stereocenters. The summed E-state index contributed by atoms with van der Waals surface area (Å²) >= 11 is 0. The summed E-state index contributed by atoms with van der Waals surface area (Å²) in [7, 11) is 0. The van der Waals surface area contributed by atoms with Crippen molar-refractivity contribution in [3.8, 4) is 0 Å². The van der Waals surface area contributed by atoms with E-state index in [9.17, 15) is 24.0 Å². The number of unbranched alkanes of at least 4 members (excludes halogenated alkanes) is 2. The molecule has 0 aliphatic carbocycles. The molecule has 0 aliphatic heterocycles. The SMILES string of the molecule is CCCCOC(=O)N[C@@H](CC(C)C)C(=O)NCC(=O)CNC(=O)[C@H](CC(C)C)NC(=O)OCCCC. The van der Waals surface area contributed by atoms with Crippen molar-refractivity contribution < 1.29 is 33.4 Å². The minimum Gasteiger partial charge on any atom is -0.450 e. The Balaban J connectivity index is 4.72. The summed E-state index contributed by atoms with van der Waals surface area (Å²) in [4.78, 5) is 61.3. The standard InChI is InChI=1S/C25H46N4O7/c1-7-9-11-35-24(33)28-20(13-17(3)4)22(31)26-15-19(30)16-27-23(32)21(14-18(5)6)29-25(34)36-12-10-8-2/h17-18,20-21H,7-16H2,1-6H3,(H,26,31)(H,27,32)(H,28,33)(H,29,34)/t20-,21-/m0/s1. The molecule has 0 fully saturated rings. The first-order valence-electron chi connectivity index (χ1n) is 12.9. The first-order valence-corrected chi connectivity index (χ1v) is 12.9. The zero-order valence-electron chi connectivity index (χ0n) is 22.7. The van der Waals surface area contributed by atoms with Gasteiger partial charge in [0, 0.05) is 0 Å². The predicted octanol–water partition coefficient (Wildman–Crippen LogP) is 2.67. The van der Waals surface area contributed by atoms with Gasteiger partial charge in [0.2, 0.25) is 11.8 Å². The molecule has 11 nitrogen and oxygen atoms in total. The van der Waals surface area contributed by atoms with Crippen LogP contribution >= 0.6 is 0 Å². The van der Waals surface area contributed by atoms with E-state index in [-0.39, 0.29) is 38.1 Å². The first-order chi connectivity index (χ1) is 17.0. The van der Waals surface area contributed by atoms with Crippen molar-refractivity contribution in [2.24, 2.45) is 11.8 Å². The van der Waals surface area contributed by atoms with E-state index in [0.29, 0.717) is 12.8 Å². The zero-order valence-corrected chi connectivity index (χ0v) is 22.7.